The van der Waals surface area contributed by atoms with Crippen molar-refractivity contribution in [3.05, 3.63) is 77.0 Å². The van der Waals surface area contributed by atoms with E-state index in [2.05, 4.69) is 20.6 Å². The Kier molecular flexibility index (Phi) is 4.93. The third kappa shape index (κ3) is 4.03. The Hall–Kier alpha value is -3.28. The van der Waals surface area contributed by atoms with E-state index in [0.29, 0.717) is 17.3 Å². The molecule has 0 saturated heterocycles. The highest BCUT2D eigenvalue weighted by Crippen LogP contribution is 2.21. The van der Waals surface area contributed by atoms with Gasteiger partial charge in [0.15, 0.2) is 0 Å². The summed E-state index contributed by atoms with van der Waals surface area (Å²) in [5.74, 6) is 0.191. The third-order valence-corrected chi connectivity index (χ3v) is 3.89. The van der Waals surface area contributed by atoms with Crippen LogP contribution in [0.15, 0.2) is 48.5 Å². The van der Waals surface area contributed by atoms with E-state index in [-0.39, 0.29) is 17.4 Å². The Labute approximate surface area is 151 Å². The molecule has 1 heterocycles. The maximum atomic E-state index is 13.3. The molecule has 0 aliphatic carbocycles. The number of anilines is 3. The van der Waals surface area contributed by atoms with Crippen LogP contribution in [-0.4, -0.2) is 15.9 Å². The summed E-state index contributed by atoms with van der Waals surface area (Å²) in [5, 5.41) is 5.90. The number of aromatic nitrogens is 2. The molecule has 0 aliphatic heterocycles. The van der Waals surface area contributed by atoms with Gasteiger partial charge in [0.25, 0.3) is 5.91 Å². The Bertz CT molecular complexity index is 952. The molecular weight excluding hydrogens is 331 g/mol. The second-order valence-electron chi connectivity index (χ2n) is 6.04. The summed E-state index contributed by atoms with van der Waals surface area (Å²) < 4.78 is 13.3. The van der Waals surface area contributed by atoms with Crippen molar-refractivity contribution >= 4 is 23.1 Å². The minimum Gasteiger partial charge on any atom is -0.340 e. The number of amides is 1. The summed E-state index contributed by atoms with van der Waals surface area (Å²) in [6.45, 7) is 5.57. The van der Waals surface area contributed by atoms with Crippen LogP contribution in [0.2, 0.25) is 0 Å². The molecule has 26 heavy (non-hydrogen) atoms. The maximum Gasteiger partial charge on any atom is 0.274 e. The monoisotopic (exact) mass is 350 g/mol. The molecule has 1 amide bonds. The van der Waals surface area contributed by atoms with Gasteiger partial charge in [-0.1, -0.05) is 24.3 Å². The number of para-hydroxylation sites is 1. The first-order chi connectivity index (χ1) is 12.4. The summed E-state index contributed by atoms with van der Waals surface area (Å²) in [6.07, 6.45) is 0. The first-order valence-electron chi connectivity index (χ1n) is 8.18. The molecule has 5 nitrogen and oxygen atoms in total. The van der Waals surface area contributed by atoms with Gasteiger partial charge in [0.2, 0.25) is 0 Å². The fourth-order valence-electron chi connectivity index (χ4n) is 2.65. The zero-order chi connectivity index (χ0) is 18.7. The molecule has 0 fully saturated rings. The highest BCUT2D eigenvalue weighted by molar-refractivity contribution is 6.04. The molecule has 0 radical (unpaired) electrons. The number of benzene rings is 2. The second-order valence-corrected chi connectivity index (χ2v) is 6.04. The lowest BCUT2D eigenvalue weighted by Crippen LogP contribution is -2.16. The number of aryl methyl sites for hydroxylation is 3. The molecule has 0 saturated carbocycles. The van der Waals surface area contributed by atoms with Gasteiger partial charge in [0, 0.05) is 17.4 Å². The minimum absolute atomic E-state index is 0.235. The number of carbonyl (C=O) groups excluding carboxylic acids is 1. The fraction of sp³-hybridized carbons (Fsp3) is 0.150. The first-order valence-corrected chi connectivity index (χ1v) is 8.18. The predicted molar refractivity (Wildman–Crippen MR) is 100 cm³/mol. The molecular formula is C20H19FN4O. The van der Waals surface area contributed by atoms with Crippen molar-refractivity contribution < 1.29 is 9.18 Å². The van der Waals surface area contributed by atoms with Gasteiger partial charge < -0.3 is 10.6 Å². The molecule has 2 aromatic carbocycles. The van der Waals surface area contributed by atoms with Crippen molar-refractivity contribution in [3.63, 3.8) is 0 Å². The highest BCUT2D eigenvalue weighted by Gasteiger charge is 2.13. The predicted octanol–water partition coefficient (Wildman–Crippen LogP) is 4.54. The Morgan fingerprint density at radius 2 is 1.65 bits per heavy atom. The van der Waals surface area contributed by atoms with Crippen molar-refractivity contribution in [1.82, 2.24) is 9.97 Å². The number of nitrogens with one attached hydrogen (secondary N) is 2. The first kappa shape index (κ1) is 17.5. The van der Waals surface area contributed by atoms with E-state index >= 15 is 0 Å². The van der Waals surface area contributed by atoms with Gasteiger partial charge in [-0.2, -0.15) is 0 Å². The third-order valence-electron chi connectivity index (χ3n) is 3.89. The Balaban J connectivity index is 1.86. The molecule has 0 bridgehead atoms. The lowest BCUT2D eigenvalue weighted by Gasteiger charge is -2.12. The molecule has 0 unspecified atom stereocenters. The quantitative estimate of drug-likeness (QED) is 0.725. The molecule has 3 rings (SSSR count). The van der Waals surface area contributed by atoms with Crippen LogP contribution in [-0.2, 0) is 0 Å². The highest BCUT2D eigenvalue weighted by atomic mass is 19.1. The summed E-state index contributed by atoms with van der Waals surface area (Å²) in [7, 11) is 0. The molecule has 132 valence electrons. The van der Waals surface area contributed by atoms with Crippen molar-refractivity contribution in [2.75, 3.05) is 10.6 Å². The maximum absolute atomic E-state index is 13.3. The van der Waals surface area contributed by atoms with E-state index in [0.717, 1.165) is 16.8 Å². The topological polar surface area (TPSA) is 66.9 Å². The largest absolute Gasteiger partial charge is 0.340 e. The van der Waals surface area contributed by atoms with Crippen LogP contribution in [0, 0.1) is 26.6 Å². The Morgan fingerprint density at radius 3 is 2.35 bits per heavy atom. The molecule has 6 heteroatoms. The van der Waals surface area contributed by atoms with Gasteiger partial charge in [0.05, 0.1) is 0 Å². The summed E-state index contributed by atoms with van der Waals surface area (Å²) in [6, 6.07) is 13.4. The minimum atomic E-state index is -0.353. The van der Waals surface area contributed by atoms with E-state index < -0.39 is 0 Å². The molecule has 0 aliphatic rings. The van der Waals surface area contributed by atoms with Crippen molar-refractivity contribution in [2.45, 2.75) is 20.8 Å². The van der Waals surface area contributed by atoms with Crippen LogP contribution >= 0.6 is 0 Å². The molecule has 0 spiro atoms. The number of nitrogens with zero attached hydrogens (tertiary/aromatic N) is 2. The van der Waals surface area contributed by atoms with Crippen LogP contribution in [0.3, 0.4) is 0 Å². The van der Waals surface area contributed by atoms with Crippen molar-refractivity contribution in [2.24, 2.45) is 0 Å². The number of rotatable bonds is 4. The average molecular weight is 350 g/mol. The van der Waals surface area contributed by atoms with Gasteiger partial charge in [-0.15, -0.1) is 0 Å². The van der Waals surface area contributed by atoms with Gasteiger partial charge in [0.1, 0.15) is 23.2 Å². The lowest BCUT2D eigenvalue weighted by molar-refractivity contribution is 0.102. The summed E-state index contributed by atoms with van der Waals surface area (Å²) in [5.41, 5.74) is 3.50. The van der Waals surface area contributed by atoms with Crippen molar-refractivity contribution in [1.29, 1.82) is 0 Å². The fourth-order valence-corrected chi connectivity index (χ4v) is 2.65. The smallest absolute Gasteiger partial charge is 0.274 e. The SMILES string of the molecule is Cc1nc(Nc2cccc(F)c2)cc(C(=O)Nc2c(C)cccc2C)n1. The number of hydrogen-bond acceptors (Lipinski definition) is 4. The van der Waals surface area contributed by atoms with Gasteiger partial charge >= 0.3 is 0 Å². The summed E-state index contributed by atoms with van der Waals surface area (Å²) in [4.78, 5) is 21.1. The van der Waals surface area contributed by atoms with E-state index in [4.69, 9.17) is 0 Å². The zero-order valence-corrected chi connectivity index (χ0v) is 14.8. The average Bonchev–Trinajstić information content (AvgIpc) is 2.57. The standard InChI is InChI=1S/C20H19FN4O/c1-12-6-4-7-13(2)19(12)25-20(26)17-11-18(23-14(3)22-17)24-16-9-5-8-15(21)10-16/h4-11H,1-3H3,(H,25,26)(H,22,23,24). The van der Waals surface area contributed by atoms with Crippen LogP contribution in [0.5, 0.6) is 0 Å². The Morgan fingerprint density at radius 1 is 0.962 bits per heavy atom. The summed E-state index contributed by atoms with van der Waals surface area (Å²) >= 11 is 0. The molecule has 3 aromatic rings. The second kappa shape index (κ2) is 7.31. The van der Waals surface area contributed by atoms with Crippen LogP contribution in [0.1, 0.15) is 27.4 Å². The van der Waals surface area contributed by atoms with Gasteiger partial charge in [-0.3, -0.25) is 4.79 Å². The van der Waals surface area contributed by atoms with Crippen LogP contribution < -0.4 is 10.6 Å². The van der Waals surface area contributed by atoms with Gasteiger partial charge in [-0.05, 0) is 50.1 Å². The van der Waals surface area contributed by atoms with E-state index in [1.54, 1.807) is 25.1 Å². The molecule has 2 N–H and O–H groups in total. The molecule has 1 aromatic heterocycles. The molecule has 0 atom stereocenters. The van der Waals surface area contributed by atoms with Crippen LogP contribution in [0.25, 0.3) is 0 Å². The number of carbonyl (C=O) groups is 1. The number of hydrogen-bond donors (Lipinski definition) is 2. The van der Waals surface area contributed by atoms with Crippen LogP contribution in [0.4, 0.5) is 21.6 Å². The van der Waals surface area contributed by atoms with Gasteiger partial charge in [-0.25, -0.2) is 14.4 Å². The van der Waals surface area contributed by atoms with Crippen molar-refractivity contribution in [3.8, 4) is 0 Å². The lowest BCUT2D eigenvalue weighted by atomic mass is 10.1. The zero-order valence-electron chi connectivity index (χ0n) is 14.8. The van der Waals surface area contributed by atoms with E-state index in [1.807, 2.05) is 32.0 Å². The van der Waals surface area contributed by atoms with E-state index in [1.165, 1.54) is 12.1 Å². The van der Waals surface area contributed by atoms with E-state index in [9.17, 15) is 9.18 Å². The number of halogens is 1. The normalized spacial score (nSPS) is 10.5.